The van der Waals surface area contributed by atoms with Crippen molar-refractivity contribution in [3.8, 4) is 0 Å². The van der Waals surface area contributed by atoms with Crippen molar-refractivity contribution in [2.45, 2.75) is 49.1 Å². The minimum atomic E-state index is -3.68. The molecule has 3 unspecified atom stereocenters. The van der Waals surface area contributed by atoms with Gasteiger partial charge in [-0.25, -0.2) is 18.1 Å². The van der Waals surface area contributed by atoms with E-state index < -0.39 is 10.0 Å². The quantitative estimate of drug-likeness (QED) is 0.337. The number of fused-ring (bicyclic) bond motifs is 1. The van der Waals surface area contributed by atoms with Gasteiger partial charge in [-0.05, 0) is 72.6 Å². The molecule has 7 nitrogen and oxygen atoms in total. The highest BCUT2D eigenvalue weighted by atomic mass is 32.2. The summed E-state index contributed by atoms with van der Waals surface area (Å²) in [4.78, 5) is 20.5. The molecule has 0 saturated heterocycles. The van der Waals surface area contributed by atoms with E-state index in [4.69, 9.17) is 0 Å². The van der Waals surface area contributed by atoms with E-state index in [0.717, 1.165) is 41.9 Å². The summed E-state index contributed by atoms with van der Waals surface area (Å²) in [5.41, 5.74) is 4.01. The van der Waals surface area contributed by atoms with Crippen LogP contribution in [0.5, 0.6) is 0 Å². The Morgan fingerprint density at radius 2 is 1.79 bits per heavy atom. The second-order valence-electron chi connectivity index (χ2n) is 10.5. The highest BCUT2D eigenvalue weighted by molar-refractivity contribution is 7.89. The predicted molar refractivity (Wildman–Crippen MR) is 151 cm³/mol. The van der Waals surface area contributed by atoms with Crippen molar-refractivity contribution in [3.05, 3.63) is 114 Å². The van der Waals surface area contributed by atoms with Gasteiger partial charge in [-0.3, -0.25) is 4.79 Å². The number of rotatable bonds is 8. The van der Waals surface area contributed by atoms with Crippen molar-refractivity contribution in [3.63, 3.8) is 0 Å². The monoisotopic (exact) mass is 540 g/mol. The average molecular weight is 541 g/mol. The molecule has 200 valence electrons. The molecule has 0 radical (unpaired) electrons. The number of carbonyl (C=O) groups excluding carboxylic acids is 1. The van der Waals surface area contributed by atoms with Gasteiger partial charge >= 0.3 is 0 Å². The van der Waals surface area contributed by atoms with Crippen LogP contribution in [0.25, 0.3) is 0 Å². The number of aryl methyl sites for hydroxylation is 2. The minimum absolute atomic E-state index is 0.0732. The van der Waals surface area contributed by atoms with Crippen LogP contribution in [0, 0.1) is 5.92 Å². The first-order valence-electron chi connectivity index (χ1n) is 13.4. The predicted octanol–water partition coefficient (Wildman–Crippen LogP) is 5.11. The lowest BCUT2D eigenvalue weighted by molar-refractivity contribution is -0.120. The van der Waals surface area contributed by atoms with E-state index in [1.54, 1.807) is 36.5 Å². The Balaban J connectivity index is 1.32. The van der Waals surface area contributed by atoms with Crippen LogP contribution in [-0.4, -0.2) is 23.9 Å². The van der Waals surface area contributed by atoms with E-state index in [1.165, 1.54) is 5.56 Å². The lowest BCUT2D eigenvalue weighted by Gasteiger charge is -2.29. The molecule has 3 aromatic carbocycles. The molecular formula is C31H32N4O3S. The Labute approximate surface area is 229 Å². The summed E-state index contributed by atoms with van der Waals surface area (Å²) in [6, 6.07) is 24.4. The molecule has 1 N–H and O–H groups in total. The van der Waals surface area contributed by atoms with E-state index in [0.29, 0.717) is 13.0 Å². The molecule has 0 bridgehead atoms. The van der Waals surface area contributed by atoms with Gasteiger partial charge in [0.2, 0.25) is 15.9 Å². The lowest BCUT2D eigenvalue weighted by Crippen LogP contribution is -2.34. The van der Waals surface area contributed by atoms with Crippen molar-refractivity contribution < 1.29 is 13.2 Å². The molecule has 2 aliphatic carbocycles. The number of hydrogen-bond acceptors (Lipinski definition) is 4. The molecule has 4 aromatic rings. The molecule has 8 heteroatoms. The smallest absolute Gasteiger partial charge is 0.241 e. The number of aromatic nitrogens is 2. The number of amides is 1. The molecule has 0 aliphatic heterocycles. The summed E-state index contributed by atoms with van der Waals surface area (Å²) in [7, 11) is -1.76. The Bertz CT molecular complexity index is 1580. The maximum absolute atomic E-state index is 14.0. The van der Waals surface area contributed by atoms with Gasteiger partial charge < -0.3 is 9.47 Å². The highest BCUT2D eigenvalue weighted by Crippen LogP contribution is 2.49. The van der Waals surface area contributed by atoms with Crippen molar-refractivity contribution in [2.24, 2.45) is 13.0 Å². The summed E-state index contributed by atoms with van der Waals surface area (Å²) in [6.45, 7) is 0.347. The van der Waals surface area contributed by atoms with E-state index in [9.17, 15) is 13.2 Å². The zero-order valence-corrected chi connectivity index (χ0v) is 22.7. The SMILES string of the molecule is Cn1ccnc1CN(C(=O)C1CC1c1ccccc1)c1ccc2c(c1)C(NS(=O)(=O)c1ccccc1)CCC2. The molecule has 1 amide bonds. The molecule has 39 heavy (non-hydrogen) atoms. The van der Waals surface area contributed by atoms with Gasteiger partial charge in [0.15, 0.2) is 0 Å². The van der Waals surface area contributed by atoms with Gasteiger partial charge in [0, 0.05) is 37.1 Å². The number of sulfonamides is 1. The van der Waals surface area contributed by atoms with Gasteiger partial charge in [-0.15, -0.1) is 0 Å². The maximum atomic E-state index is 14.0. The third-order valence-corrected chi connectivity index (χ3v) is 9.42. The molecule has 6 rings (SSSR count). The first kappa shape index (κ1) is 25.5. The second-order valence-corrected chi connectivity index (χ2v) is 12.2. The van der Waals surface area contributed by atoms with Crippen LogP contribution < -0.4 is 9.62 Å². The first-order chi connectivity index (χ1) is 18.9. The Morgan fingerprint density at radius 3 is 2.51 bits per heavy atom. The average Bonchev–Trinajstić information content (AvgIpc) is 3.67. The fraction of sp³-hybridized carbons (Fsp3) is 0.290. The fourth-order valence-corrected chi connectivity index (χ4v) is 6.93. The van der Waals surface area contributed by atoms with Crippen molar-refractivity contribution in [1.29, 1.82) is 0 Å². The molecule has 3 atom stereocenters. The maximum Gasteiger partial charge on any atom is 0.241 e. The number of nitrogens with one attached hydrogen (secondary N) is 1. The number of carbonyl (C=O) groups is 1. The van der Waals surface area contributed by atoms with Crippen molar-refractivity contribution >= 4 is 21.6 Å². The van der Waals surface area contributed by atoms with Crippen LogP contribution >= 0.6 is 0 Å². The summed E-state index contributed by atoms with van der Waals surface area (Å²) in [5.74, 6) is 0.991. The van der Waals surface area contributed by atoms with Crippen LogP contribution in [0.2, 0.25) is 0 Å². The van der Waals surface area contributed by atoms with Crippen LogP contribution in [0.1, 0.15) is 53.7 Å². The number of benzene rings is 3. The van der Waals surface area contributed by atoms with Crippen LogP contribution in [0.15, 0.2) is 96.2 Å². The number of anilines is 1. The van der Waals surface area contributed by atoms with E-state index in [1.807, 2.05) is 59.1 Å². The summed E-state index contributed by atoms with van der Waals surface area (Å²) < 4.78 is 31.2. The Hall–Kier alpha value is -3.75. The molecule has 2 aliphatic rings. The molecular weight excluding hydrogens is 508 g/mol. The van der Waals surface area contributed by atoms with E-state index in [2.05, 4.69) is 21.8 Å². The molecule has 1 saturated carbocycles. The van der Waals surface area contributed by atoms with Crippen LogP contribution in [0.4, 0.5) is 5.69 Å². The van der Waals surface area contributed by atoms with Gasteiger partial charge in [0.25, 0.3) is 0 Å². The van der Waals surface area contributed by atoms with Crippen molar-refractivity contribution in [1.82, 2.24) is 14.3 Å². The Morgan fingerprint density at radius 1 is 1.05 bits per heavy atom. The standard InChI is InChI=1S/C31H32N4O3S/c1-34-18-17-32-30(34)21-35(31(36)28-20-26(28)22-9-4-2-5-10-22)24-16-15-23-11-8-14-29(27(23)19-24)33-39(37,38)25-12-6-3-7-13-25/h2-7,9-10,12-13,15-19,26,28-29,33H,8,11,14,20-21H2,1H3. The van der Waals surface area contributed by atoms with Crippen LogP contribution in [-0.2, 0) is 34.8 Å². The zero-order valence-electron chi connectivity index (χ0n) is 21.9. The van der Waals surface area contributed by atoms with Gasteiger partial charge in [-0.1, -0.05) is 54.6 Å². The normalized spacial score (nSPS) is 20.3. The first-order valence-corrected chi connectivity index (χ1v) is 14.9. The molecule has 1 fully saturated rings. The summed E-state index contributed by atoms with van der Waals surface area (Å²) in [5, 5.41) is 0. The minimum Gasteiger partial charge on any atom is -0.337 e. The van der Waals surface area contributed by atoms with Gasteiger partial charge in [0.05, 0.1) is 11.4 Å². The zero-order chi connectivity index (χ0) is 27.0. The third-order valence-electron chi connectivity index (χ3n) is 7.93. The molecule has 1 heterocycles. The summed E-state index contributed by atoms with van der Waals surface area (Å²) in [6.07, 6.45) is 6.92. The van der Waals surface area contributed by atoms with Gasteiger partial charge in [-0.2, -0.15) is 0 Å². The third kappa shape index (κ3) is 5.27. The second kappa shape index (κ2) is 10.4. The number of imidazole rings is 1. The fourth-order valence-electron chi connectivity index (χ4n) is 5.66. The van der Waals surface area contributed by atoms with E-state index >= 15 is 0 Å². The van der Waals surface area contributed by atoms with Gasteiger partial charge in [0.1, 0.15) is 5.82 Å². The Kier molecular flexibility index (Phi) is 6.83. The van der Waals surface area contributed by atoms with Crippen LogP contribution in [0.3, 0.4) is 0 Å². The number of nitrogens with zero attached hydrogens (tertiary/aromatic N) is 3. The lowest BCUT2D eigenvalue weighted by atomic mass is 9.87. The van der Waals surface area contributed by atoms with E-state index in [-0.39, 0.29) is 28.7 Å². The highest BCUT2D eigenvalue weighted by Gasteiger charge is 2.46. The van der Waals surface area contributed by atoms with Crippen molar-refractivity contribution in [2.75, 3.05) is 4.90 Å². The number of hydrogen-bond donors (Lipinski definition) is 1. The largest absolute Gasteiger partial charge is 0.337 e. The topological polar surface area (TPSA) is 84.3 Å². The summed E-state index contributed by atoms with van der Waals surface area (Å²) >= 11 is 0. The molecule has 0 spiro atoms. The molecule has 1 aromatic heterocycles.